The van der Waals surface area contributed by atoms with Crippen molar-refractivity contribution in [3.8, 4) is 5.75 Å². The number of aryl methyl sites for hydroxylation is 1. The van der Waals surface area contributed by atoms with Gasteiger partial charge in [0, 0.05) is 35.7 Å². The molecule has 2 N–H and O–H groups in total. The molecule has 1 aliphatic heterocycles. The Morgan fingerprint density at radius 3 is 2.82 bits per heavy atom. The number of rotatable bonds is 5. The molecule has 6 nitrogen and oxygen atoms in total. The number of hydrazone groups is 1. The van der Waals surface area contributed by atoms with Crippen molar-refractivity contribution in [1.82, 2.24) is 5.43 Å². The van der Waals surface area contributed by atoms with Crippen LogP contribution in [0.1, 0.15) is 30.4 Å². The summed E-state index contributed by atoms with van der Waals surface area (Å²) >= 11 is 11.7. The number of hydrogen-bond donors (Lipinski definition) is 2. The van der Waals surface area contributed by atoms with Gasteiger partial charge in [-0.3, -0.25) is 9.59 Å². The number of fused-ring (bicyclic) bond motifs is 1. The van der Waals surface area contributed by atoms with Gasteiger partial charge in [0.05, 0.1) is 11.2 Å². The Balaban J connectivity index is 1.53. The highest BCUT2D eigenvalue weighted by molar-refractivity contribution is 6.36. The van der Waals surface area contributed by atoms with Gasteiger partial charge in [-0.2, -0.15) is 5.10 Å². The van der Waals surface area contributed by atoms with Gasteiger partial charge in [0.25, 0.3) is 0 Å². The number of para-hydroxylation sites is 1. The topological polar surface area (TPSA) is 82.0 Å². The van der Waals surface area contributed by atoms with Crippen LogP contribution in [0.25, 0.3) is 0 Å². The molecule has 3 rings (SSSR count). The molecule has 2 aromatic carbocycles. The summed E-state index contributed by atoms with van der Waals surface area (Å²) in [5.74, 6) is -0.670. The van der Waals surface area contributed by atoms with Gasteiger partial charge in [-0.1, -0.05) is 41.4 Å². The third-order valence-electron chi connectivity index (χ3n) is 4.43. The fraction of sp³-hybridized carbons (Fsp3) is 0.250. The number of phenolic OH excluding ortho intramolecular Hbond substituents is 1. The largest absolute Gasteiger partial charge is 0.506 e. The molecule has 2 amide bonds. The van der Waals surface area contributed by atoms with Gasteiger partial charge in [-0.15, -0.1) is 0 Å². The number of nitrogens with one attached hydrogen (secondary N) is 1. The molecule has 0 radical (unpaired) electrons. The summed E-state index contributed by atoms with van der Waals surface area (Å²) in [6, 6.07) is 10.7. The number of anilines is 1. The smallest absolute Gasteiger partial charge is 0.240 e. The van der Waals surface area contributed by atoms with Crippen molar-refractivity contribution in [3.63, 3.8) is 0 Å². The van der Waals surface area contributed by atoms with Gasteiger partial charge in [0.15, 0.2) is 0 Å². The van der Waals surface area contributed by atoms with E-state index < -0.39 is 5.91 Å². The Bertz CT molecular complexity index is 931. The molecule has 0 spiro atoms. The highest BCUT2D eigenvalue weighted by atomic mass is 35.5. The van der Waals surface area contributed by atoms with Gasteiger partial charge >= 0.3 is 0 Å². The maximum absolute atomic E-state index is 12.5. The number of carbonyl (C=O) groups is 2. The second-order valence-corrected chi connectivity index (χ2v) is 7.24. The van der Waals surface area contributed by atoms with E-state index in [9.17, 15) is 14.7 Å². The molecule has 0 aliphatic carbocycles. The zero-order valence-electron chi connectivity index (χ0n) is 15.0. The van der Waals surface area contributed by atoms with E-state index in [-0.39, 0.29) is 35.1 Å². The lowest BCUT2D eigenvalue weighted by Gasteiger charge is -2.29. The predicted molar refractivity (Wildman–Crippen MR) is 110 cm³/mol. The molecule has 146 valence electrons. The highest BCUT2D eigenvalue weighted by Crippen LogP contribution is 2.30. The Labute approximate surface area is 172 Å². The van der Waals surface area contributed by atoms with E-state index in [0.717, 1.165) is 24.1 Å². The van der Waals surface area contributed by atoms with E-state index in [1.165, 1.54) is 18.3 Å². The van der Waals surface area contributed by atoms with Gasteiger partial charge in [-0.25, -0.2) is 5.43 Å². The van der Waals surface area contributed by atoms with Crippen LogP contribution in [0.5, 0.6) is 5.75 Å². The number of benzene rings is 2. The summed E-state index contributed by atoms with van der Waals surface area (Å²) in [5.41, 5.74) is 4.68. The maximum atomic E-state index is 12.5. The SMILES string of the molecule is O=C(CCC(=O)N1CCCc2ccccc21)N/N=C/c1cc(Cl)cc(Cl)c1O. The number of phenols is 1. The first-order chi connectivity index (χ1) is 13.5. The first-order valence-corrected chi connectivity index (χ1v) is 9.59. The van der Waals surface area contributed by atoms with Crippen LogP contribution in [0.2, 0.25) is 10.0 Å². The van der Waals surface area contributed by atoms with Crippen molar-refractivity contribution in [2.75, 3.05) is 11.4 Å². The minimum Gasteiger partial charge on any atom is -0.506 e. The third kappa shape index (κ3) is 4.82. The fourth-order valence-electron chi connectivity index (χ4n) is 3.06. The zero-order chi connectivity index (χ0) is 20.1. The van der Waals surface area contributed by atoms with E-state index >= 15 is 0 Å². The summed E-state index contributed by atoms with van der Waals surface area (Å²) in [6.07, 6.45) is 3.20. The predicted octanol–water partition coefficient (Wildman–Crippen LogP) is 3.91. The molecule has 28 heavy (non-hydrogen) atoms. The second-order valence-electron chi connectivity index (χ2n) is 6.40. The van der Waals surface area contributed by atoms with Crippen LogP contribution in [-0.4, -0.2) is 29.7 Å². The molecule has 8 heteroatoms. The summed E-state index contributed by atoms with van der Waals surface area (Å²) in [6.45, 7) is 0.657. The summed E-state index contributed by atoms with van der Waals surface area (Å²) in [7, 11) is 0. The zero-order valence-corrected chi connectivity index (χ0v) is 16.5. The minimum atomic E-state index is -0.400. The minimum absolute atomic E-state index is 0.0110. The van der Waals surface area contributed by atoms with Crippen LogP contribution in [0.15, 0.2) is 41.5 Å². The molecule has 2 aromatic rings. The van der Waals surface area contributed by atoms with Crippen LogP contribution in [-0.2, 0) is 16.0 Å². The van der Waals surface area contributed by atoms with Crippen LogP contribution in [0, 0.1) is 0 Å². The molecule has 0 aromatic heterocycles. The van der Waals surface area contributed by atoms with Gasteiger partial charge in [0.1, 0.15) is 5.75 Å². The van der Waals surface area contributed by atoms with Crippen molar-refractivity contribution in [3.05, 3.63) is 57.6 Å². The number of amides is 2. The fourth-order valence-corrected chi connectivity index (χ4v) is 3.57. The van der Waals surface area contributed by atoms with E-state index in [0.29, 0.717) is 11.6 Å². The Hall–Kier alpha value is -2.57. The monoisotopic (exact) mass is 419 g/mol. The molecular weight excluding hydrogens is 401 g/mol. The normalized spacial score (nSPS) is 13.4. The van der Waals surface area contributed by atoms with E-state index in [2.05, 4.69) is 10.5 Å². The van der Waals surface area contributed by atoms with Crippen molar-refractivity contribution >= 4 is 46.9 Å². The van der Waals surface area contributed by atoms with Gasteiger partial charge in [-0.05, 0) is 36.6 Å². The molecule has 0 bridgehead atoms. The Morgan fingerprint density at radius 1 is 1.21 bits per heavy atom. The highest BCUT2D eigenvalue weighted by Gasteiger charge is 2.22. The second kappa shape index (κ2) is 9.08. The van der Waals surface area contributed by atoms with Crippen molar-refractivity contribution < 1.29 is 14.7 Å². The molecule has 0 saturated heterocycles. The lowest BCUT2D eigenvalue weighted by molar-refractivity contribution is -0.125. The Morgan fingerprint density at radius 2 is 2.00 bits per heavy atom. The number of nitrogens with zero attached hydrogens (tertiary/aromatic N) is 2. The quantitative estimate of drug-likeness (QED) is 0.569. The molecular formula is C20H19Cl2N3O3. The number of halogens is 2. The van der Waals surface area contributed by atoms with Gasteiger partial charge in [0.2, 0.25) is 11.8 Å². The van der Waals surface area contributed by atoms with Gasteiger partial charge < -0.3 is 10.0 Å². The van der Waals surface area contributed by atoms with Crippen molar-refractivity contribution in [2.24, 2.45) is 5.10 Å². The van der Waals surface area contributed by atoms with E-state index in [1.807, 2.05) is 24.3 Å². The molecule has 0 unspecified atom stereocenters. The van der Waals surface area contributed by atoms with Crippen molar-refractivity contribution in [2.45, 2.75) is 25.7 Å². The van der Waals surface area contributed by atoms with Crippen LogP contribution >= 0.6 is 23.2 Å². The summed E-state index contributed by atoms with van der Waals surface area (Å²) in [5, 5.41) is 14.1. The number of carbonyl (C=O) groups excluding carboxylic acids is 2. The number of aromatic hydroxyl groups is 1. The summed E-state index contributed by atoms with van der Waals surface area (Å²) < 4.78 is 0. The number of hydrogen-bond acceptors (Lipinski definition) is 4. The van der Waals surface area contributed by atoms with Crippen LogP contribution in [0.4, 0.5) is 5.69 Å². The lowest BCUT2D eigenvalue weighted by atomic mass is 10.0. The maximum Gasteiger partial charge on any atom is 0.240 e. The van der Waals surface area contributed by atoms with E-state index in [1.54, 1.807) is 4.90 Å². The molecule has 0 fully saturated rings. The standard InChI is InChI=1S/C20H19Cl2N3O3/c21-15-10-14(20(28)16(22)11-15)12-23-24-18(26)7-8-19(27)25-9-3-5-13-4-1-2-6-17(13)25/h1-2,4,6,10-12,28H,3,5,7-9H2,(H,24,26)/b23-12+. The molecule has 0 saturated carbocycles. The van der Waals surface area contributed by atoms with E-state index in [4.69, 9.17) is 23.2 Å². The summed E-state index contributed by atoms with van der Waals surface area (Å²) in [4.78, 5) is 26.2. The van der Waals surface area contributed by atoms with Crippen LogP contribution in [0.3, 0.4) is 0 Å². The average Bonchev–Trinajstić information content (AvgIpc) is 2.69. The molecule has 0 atom stereocenters. The molecule has 1 aliphatic rings. The molecule has 1 heterocycles. The third-order valence-corrected chi connectivity index (χ3v) is 4.93. The lowest BCUT2D eigenvalue weighted by Crippen LogP contribution is -2.36. The first-order valence-electron chi connectivity index (χ1n) is 8.84. The van der Waals surface area contributed by atoms with Crippen molar-refractivity contribution in [1.29, 1.82) is 0 Å². The Kier molecular flexibility index (Phi) is 6.54. The average molecular weight is 420 g/mol. The van der Waals surface area contributed by atoms with Crippen LogP contribution < -0.4 is 10.3 Å². The first kappa shape index (κ1) is 20.2.